The average molecular weight is 318 g/mol. The first kappa shape index (κ1) is 16.1. The highest BCUT2D eigenvalue weighted by molar-refractivity contribution is 7.91. The van der Waals surface area contributed by atoms with Crippen LogP contribution in [0.3, 0.4) is 0 Å². The number of hydrogen-bond acceptors (Lipinski definition) is 4. The number of carbonyl (C=O) groups excluding carboxylic acids is 1. The van der Waals surface area contributed by atoms with Crippen LogP contribution in [-0.4, -0.2) is 60.6 Å². The van der Waals surface area contributed by atoms with Crippen LogP contribution in [0.4, 0.5) is 4.79 Å². The van der Waals surface area contributed by atoms with E-state index in [0.29, 0.717) is 5.92 Å². The zero-order valence-corrected chi connectivity index (χ0v) is 12.9. The van der Waals surface area contributed by atoms with Crippen molar-refractivity contribution in [2.75, 3.05) is 18.1 Å². The van der Waals surface area contributed by atoms with Gasteiger partial charge in [0.1, 0.15) is 0 Å². The first-order chi connectivity index (χ1) is 9.77. The lowest BCUT2D eigenvalue weighted by Crippen LogP contribution is -2.56. The largest absolute Gasteiger partial charge is 0.481 e. The van der Waals surface area contributed by atoms with Gasteiger partial charge >= 0.3 is 12.0 Å². The molecule has 1 aliphatic heterocycles. The predicted octanol–water partition coefficient (Wildman–Crippen LogP) is 0.458. The first-order valence-corrected chi connectivity index (χ1v) is 9.08. The van der Waals surface area contributed by atoms with Crippen LogP contribution in [0.15, 0.2) is 0 Å². The average Bonchev–Trinajstić information content (AvgIpc) is 3.10. The molecule has 120 valence electrons. The number of aliphatic carboxylic acids is 1. The van der Waals surface area contributed by atoms with Crippen molar-refractivity contribution in [2.24, 2.45) is 5.92 Å². The summed E-state index contributed by atoms with van der Waals surface area (Å²) in [6.45, 7) is 1.98. The van der Waals surface area contributed by atoms with Crippen LogP contribution in [0.5, 0.6) is 0 Å². The Morgan fingerprint density at radius 2 is 2.05 bits per heavy atom. The molecule has 7 nitrogen and oxygen atoms in total. The van der Waals surface area contributed by atoms with Gasteiger partial charge in [0.25, 0.3) is 0 Å². The van der Waals surface area contributed by atoms with Crippen LogP contribution in [0.25, 0.3) is 0 Å². The Kier molecular flexibility index (Phi) is 4.75. The van der Waals surface area contributed by atoms with Crippen molar-refractivity contribution >= 4 is 21.8 Å². The van der Waals surface area contributed by atoms with Crippen molar-refractivity contribution in [1.82, 2.24) is 10.2 Å². The molecule has 2 N–H and O–H groups in total. The Morgan fingerprint density at radius 3 is 2.62 bits per heavy atom. The number of carboxylic acids is 1. The van der Waals surface area contributed by atoms with E-state index in [4.69, 9.17) is 5.11 Å². The molecule has 21 heavy (non-hydrogen) atoms. The van der Waals surface area contributed by atoms with E-state index in [9.17, 15) is 18.0 Å². The summed E-state index contributed by atoms with van der Waals surface area (Å²) in [5.41, 5.74) is 0. The van der Waals surface area contributed by atoms with E-state index in [1.807, 2.05) is 6.92 Å². The van der Waals surface area contributed by atoms with Gasteiger partial charge in [-0.1, -0.05) is 12.8 Å². The Bertz CT molecular complexity index is 515. The van der Waals surface area contributed by atoms with Crippen LogP contribution in [-0.2, 0) is 14.6 Å². The minimum absolute atomic E-state index is 0.0222. The smallest absolute Gasteiger partial charge is 0.317 e. The highest BCUT2D eigenvalue weighted by Crippen LogP contribution is 2.33. The van der Waals surface area contributed by atoms with Crippen molar-refractivity contribution in [1.29, 1.82) is 0 Å². The normalized spacial score (nSPS) is 26.1. The van der Waals surface area contributed by atoms with E-state index in [1.54, 1.807) is 0 Å². The van der Waals surface area contributed by atoms with Gasteiger partial charge in [0.05, 0.1) is 24.0 Å². The number of sulfone groups is 1. The Balaban J connectivity index is 1.96. The summed E-state index contributed by atoms with van der Waals surface area (Å²) in [6.07, 6.45) is 2.97. The third kappa shape index (κ3) is 4.87. The highest BCUT2D eigenvalue weighted by atomic mass is 32.2. The molecule has 2 amide bonds. The van der Waals surface area contributed by atoms with Gasteiger partial charge in [-0.3, -0.25) is 4.79 Å². The quantitative estimate of drug-likeness (QED) is 0.766. The van der Waals surface area contributed by atoms with Gasteiger partial charge in [-0.15, -0.1) is 0 Å². The summed E-state index contributed by atoms with van der Waals surface area (Å²) in [7, 11) is -3.27. The SMILES string of the molecule is CC(CC1CC1)NC(=O)N1CCS(=O)(=O)CC1CC(=O)O. The van der Waals surface area contributed by atoms with E-state index in [-0.39, 0.29) is 36.5 Å². The predicted molar refractivity (Wildman–Crippen MR) is 76.7 cm³/mol. The van der Waals surface area contributed by atoms with Crippen LogP contribution in [0, 0.1) is 5.92 Å². The fourth-order valence-corrected chi connectivity index (χ4v) is 4.26. The maximum atomic E-state index is 12.2. The number of nitrogens with one attached hydrogen (secondary N) is 1. The molecule has 1 aliphatic carbocycles. The molecule has 2 fully saturated rings. The van der Waals surface area contributed by atoms with Crippen molar-refractivity contribution < 1.29 is 23.1 Å². The fourth-order valence-electron chi connectivity index (χ4n) is 2.73. The van der Waals surface area contributed by atoms with E-state index < -0.39 is 21.8 Å². The summed E-state index contributed by atoms with van der Waals surface area (Å²) in [6, 6.07) is -1.12. The van der Waals surface area contributed by atoms with E-state index in [1.165, 1.54) is 17.7 Å². The second-order valence-corrected chi connectivity index (χ2v) is 8.32. The lowest BCUT2D eigenvalue weighted by atomic mass is 10.1. The molecule has 2 rings (SSSR count). The summed E-state index contributed by atoms with van der Waals surface area (Å²) in [5.74, 6) is -0.796. The summed E-state index contributed by atoms with van der Waals surface area (Å²) in [4.78, 5) is 24.5. The molecule has 0 aromatic rings. The van der Waals surface area contributed by atoms with Crippen LogP contribution in [0.1, 0.15) is 32.6 Å². The summed E-state index contributed by atoms with van der Waals surface area (Å²) >= 11 is 0. The first-order valence-electron chi connectivity index (χ1n) is 7.26. The molecule has 1 saturated heterocycles. The molecular weight excluding hydrogens is 296 g/mol. The number of amides is 2. The number of carbonyl (C=O) groups is 2. The number of hydrogen-bond donors (Lipinski definition) is 2. The maximum Gasteiger partial charge on any atom is 0.317 e. The van der Waals surface area contributed by atoms with Crippen molar-refractivity contribution in [3.63, 3.8) is 0 Å². The minimum Gasteiger partial charge on any atom is -0.481 e. The molecule has 0 aromatic carbocycles. The maximum absolute atomic E-state index is 12.2. The van der Waals surface area contributed by atoms with Gasteiger partial charge in [0.2, 0.25) is 0 Å². The molecule has 0 spiro atoms. The van der Waals surface area contributed by atoms with Crippen molar-refractivity contribution in [2.45, 2.75) is 44.7 Å². The third-order valence-electron chi connectivity index (χ3n) is 3.96. The summed E-state index contributed by atoms with van der Waals surface area (Å²) < 4.78 is 23.3. The molecule has 0 aromatic heterocycles. The molecule has 1 heterocycles. The molecule has 0 bridgehead atoms. The van der Waals surface area contributed by atoms with Crippen LogP contribution in [0.2, 0.25) is 0 Å². The van der Waals surface area contributed by atoms with Gasteiger partial charge < -0.3 is 15.3 Å². The van der Waals surface area contributed by atoms with Crippen molar-refractivity contribution in [3.05, 3.63) is 0 Å². The molecule has 0 radical (unpaired) electrons. The number of nitrogens with zero attached hydrogens (tertiary/aromatic N) is 1. The standard InChI is InChI=1S/C13H22N2O5S/c1-9(6-10-2-3-10)14-13(18)15-4-5-21(19,20)8-11(15)7-12(16)17/h9-11H,2-8H2,1H3,(H,14,18)(H,16,17). The number of carboxylic acid groups (broad SMARTS) is 1. The second kappa shape index (κ2) is 6.21. The van der Waals surface area contributed by atoms with E-state index in [0.717, 1.165) is 6.42 Å². The fraction of sp³-hybridized carbons (Fsp3) is 0.846. The van der Waals surface area contributed by atoms with Gasteiger partial charge in [0, 0.05) is 12.6 Å². The van der Waals surface area contributed by atoms with Crippen LogP contribution < -0.4 is 5.32 Å². The lowest BCUT2D eigenvalue weighted by molar-refractivity contribution is -0.138. The molecule has 2 aliphatic rings. The Labute approximate surface area is 124 Å². The Morgan fingerprint density at radius 1 is 1.38 bits per heavy atom. The number of urea groups is 1. The molecule has 1 saturated carbocycles. The van der Waals surface area contributed by atoms with Crippen molar-refractivity contribution in [3.8, 4) is 0 Å². The highest BCUT2D eigenvalue weighted by Gasteiger charge is 2.36. The monoisotopic (exact) mass is 318 g/mol. The van der Waals surface area contributed by atoms with Crippen LogP contribution >= 0.6 is 0 Å². The van der Waals surface area contributed by atoms with Gasteiger partial charge in [-0.2, -0.15) is 0 Å². The lowest BCUT2D eigenvalue weighted by Gasteiger charge is -2.35. The molecule has 2 unspecified atom stereocenters. The number of rotatable bonds is 5. The zero-order valence-electron chi connectivity index (χ0n) is 12.1. The minimum atomic E-state index is -3.27. The molecular formula is C13H22N2O5S. The van der Waals surface area contributed by atoms with Gasteiger partial charge in [0.15, 0.2) is 9.84 Å². The zero-order chi connectivity index (χ0) is 15.6. The van der Waals surface area contributed by atoms with Gasteiger partial charge in [-0.25, -0.2) is 13.2 Å². The molecule has 8 heteroatoms. The second-order valence-electron chi connectivity index (χ2n) is 6.09. The molecule has 2 atom stereocenters. The summed E-state index contributed by atoms with van der Waals surface area (Å²) in [5, 5.41) is 11.7. The topological polar surface area (TPSA) is 104 Å². The third-order valence-corrected chi connectivity index (χ3v) is 5.65. The van der Waals surface area contributed by atoms with E-state index >= 15 is 0 Å². The Hall–Kier alpha value is -1.31. The van der Waals surface area contributed by atoms with E-state index in [2.05, 4.69) is 5.32 Å². The van der Waals surface area contributed by atoms with Gasteiger partial charge in [-0.05, 0) is 19.3 Å².